The van der Waals surface area contributed by atoms with E-state index in [1.165, 1.54) is 0 Å². The predicted molar refractivity (Wildman–Crippen MR) is 135 cm³/mol. The Morgan fingerprint density at radius 2 is 1.18 bits per heavy atom. The van der Waals surface area contributed by atoms with Crippen molar-refractivity contribution in [2.45, 2.75) is 0 Å². The number of para-hydroxylation sites is 2. The van der Waals surface area contributed by atoms with Crippen molar-refractivity contribution in [3.63, 3.8) is 0 Å². The van der Waals surface area contributed by atoms with E-state index in [1.54, 1.807) is 0 Å². The summed E-state index contributed by atoms with van der Waals surface area (Å²) < 4.78 is 12.9. The standard InChI is InChI=1S/C29H20BNO2/c1-3-13-23(14-4-1)30(24-15-5-2-6-16-24)33-28-20-22-12-8-7-11-21(22)19-25(28)29-31-26-17-9-10-18-27(26)32-29/h1-20H. The molecule has 33 heavy (non-hydrogen) atoms. The molecule has 0 aliphatic carbocycles. The van der Waals surface area contributed by atoms with Crippen LogP contribution in [0.5, 0.6) is 5.75 Å². The van der Waals surface area contributed by atoms with Crippen molar-refractivity contribution < 1.29 is 9.07 Å². The lowest BCUT2D eigenvalue weighted by Crippen LogP contribution is -2.47. The topological polar surface area (TPSA) is 35.3 Å². The number of hydrogen-bond acceptors (Lipinski definition) is 3. The zero-order valence-corrected chi connectivity index (χ0v) is 17.9. The van der Waals surface area contributed by atoms with Gasteiger partial charge in [0.1, 0.15) is 11.3 Å². The van der Waals surface area contributed by atoms with Gasteiger partial charge >= 0.3 is 6.92 Å². The zero-order chi connectivity index (χ0) is 22.0. The largest absolute Gasteiger partial charge is 0.551 e. The molecule has 3 nitrogen and oxygen atoms in total. The van der Waals surface area contributed by atoms with Crippen LogP contribution in [-0.2, 0) is 0 Å². The molecule has 0 aliphatic heterocycles. The molecule has 0 unspecified atom stereocenters. The lowest BCUT2D eigenvalue weighted by atomic mass is 9.55. The molecule has 0 radical (unpaired) electrons. The highest BCUT2D eigenvalue weighted by Crippen LogP contribution is 2.35. The summed E-state index contributed by atoms with van der Waals surface area (Å²) >= 11 is 0. The molecule has 0 aliphatic rings. The van der Waals surface area contributed by atoms with Crippen molar-refractivity contribution in [3.05, 3.63) is 121 Å². The Labute approximate surface area is 192 Å². The van der Waals surface area contributed by atoms with Crippen molar-refractivity contribution in [1.29, 1.82) is 0 Å². The summed E-state index contributed by atoms with van der Waals surface area (Å²) in [5.74, 6) is 1.29. The van der Waals surface area contributed by atoms with Crippen LogP contribution < -0.4 is 15.6 Å². The second kappa shape index (κ2) is 8.32. The first-order valence-corrected chi connectivity index (χ1v) is 11.0. The van der Waals surface area contributed by atoms with E-state index in [1.807, 2.05) is 72.8 Å². The van der Waals surface area contributed by atoms with Crippen molar-refractivity contribution in [2.75, 3.05) is 0 Å². The van der Waals surface area contributed by atoms with Gasteiger partial charge in [-0.25, -0.2) is 4.98 Å². The maximum atomic E-state index is 6.78. The third kappa shape index (κ3) is 3.76. The number of oxazole rings is 1. The number of nitrogens with zero attached hydrogens (tertiary/aromatic N) is 1. The first-order valence-electron chi connectivity index (χ1n) is 11.0. The van der Waals surface area contributed by atoms with Crippen molar-refractivity contribution in [1.82, 2.24) is 4.98 Å². The average Bonchev–Trinajstić information content (AvgIpc) is 3.32. The van der Waals surface area contributed by atoms with Gasteiger partial charge in [-0.1, -0.05) is 97.1 Å². The Morgan fingerprint density at radius 1 is 0.606 bits per heavy atom. The zero-order valence-electron chi connectivity index (χ0n) is 17.9. The molecule has 0 amide bonds. The van der Waals surface area contributed by atoms with Crippen LogP contribution in [0.1, 0.15) is 0 Å². The molecule has 6 aromatic rings. The van der Waals surface area contributed by atoms with E-state index in [-0.39, 0.29) is 6.92 Å². The number of hydrogen-bond donors (Lipinski definition) is 0. The van der Waals surface area contributed by atoms with Crippen LogP contribution in [0.2, 0.25) is 0 Å². The van der Waals surface area contributed by atoms with Gasteiger partial charge in [0, 0.05) is 0 Å². The minimum atomic E-state index is -0.267. The summed E-state index contributed by atoms with van der Waals surface area (Å²) in [7, 11) is 0. The first kappa shape index (κ1) is 19.4. The lowest BCUT2D eigenvalue weighted by molar-refractivity contribution is 0.580. The monoisotopic (exact) mass is 425 g/mol. The molecule has 1 heterocycles. The molecule has 1 aromatic heterocycles. The van der Waals surface area contributed by atoms with Crippen LogP contribution in [0.3, 0.4) is 0 Å². The van der Waals surface area contributed by atoms with E-state index in [0.29, 0.717) is 5.89 Å². The highest BCUT2D eigenvalue weighted by molar-refractivity contribution is 6.80. The maximum absolute atomic E-state index is 6.78. The third-order valence-electron chi connectivity index (χ3n) is 5.82. The van der Waals surface area contributed by atoms with E-state index < -0.39 is 0 Å². The van der Waals surface area contributed by atoms with Gasteiger partial charge < -0.3 is 9.07 Å². The molecule has 6 rings (SSSR count). The van der Waals surface area contributed by atoms with E-state index in [4.69, 9.17) is 14.1 Å². The fourth-order valence-corrected chi connectivity index (χ4v) is 4.18. The summed E-state index contributed by atoms with van der Waals surface area (Å²) in [6, 6.07) is 40.8. The summed E-state index contributed by atoms with van der Waals surface area (Å²) in [6.45, 7) is -0.267. The van der Waals surface area contributed by atoms with Crippen LogP contribution >= 0.6 is 0 Å². The highest BCUT2D eigenvalue weighted by atomic mass is 16.4. The van der Waals surface area contributed by atoms with Gasteiger partial charge in [-0.05, 0) is 46.0 Å². The summed E-state index contributed by atoms with van der Waals surface area (Å²) in [6.07, 6.45) is 0. The van der Waals surface area contributed by atoms with Crippen molar-refractivity contribution >= 4 is 39.7 Å². The Balaban J connectivity index is 1.53. The van der Waals surface area contributed by atoms with Crippen molar-refractivity contribution in [3.8, 4) is 17.2 Å². The summed E-state index contributed by atoms with van der Waals surface area (Å²) in [5, 5.41) is 2.21. The molecule has 156 valence electrons. The fourth-order valence-electron chi connectivity index (χ4n) is 4.18. The molecule has 4 heteroatoms. The van der Waals surface area contributed by atoms with E-state index in [2.05, 4.69) is 48.5 Å². The third-order valence-corrected chi connectivity index (χ3v) is 5.82. The minimum absolute atomic E-state index is 0.267. The number of rotatable bonds is 5. The van der Waals surface area contributed by atoms with Gasteiger partial charge in [-0.2, -0.15) is 0 Å². The molecule has 0 saturated carbocycles. The molecule has 0 fully saturated rings. The van der Waals surface area contributed by atoms with Gasteiger partial charge in [0.25, 0.3) is 0 Å². The van der Waals surface area contributed by atoms with E-state index >= 15 is 0 Å². The Hall–Kier alpha value is -4.31. The maximum Gasteiger partial charge on any atom is 0.426 e. The quantitative estimate of drug-likeness (QED) is 0.326. The SMILES string of the molecule is c1ccc(B(Oc2cc3ccccc3cc2-c2nc3ccccc3o2)c2ccccc2)cc1. The normalized spacial score (nSPS) is 11.0. The molecule has 0 saturated heterocycles. The Morgan fingerprint density at radius 3 is 1.85 bits per heavy atom. The van der Waals surface area contributed by atoms with E-state index in [9.17, 15) is 0 Å². The minimum Gasteiger partial charge on any atom is -0.551 e. The second-order valence-corrected chi connectivity index (χ2v) is 8.00. The van der Waals surface area contributed by atoms with Gasteiger partial charge in [-0.15, -0.1) is 0 Å². The Kier molecular flexibility index (Phi) is 4.89. The van der Waals surface area contributed by atoms with Crippen LogP contribution in [0.4, 0.5) is 0 Å². The second-order valence-electron chi connectivity index (χ2n) is 8.00. The fraction of sp³-hybridized carbons (Fsp3) is 0. The lowest BCUT2D eigenvalue weighted by Gasteiger charge is -2.19. The number of benzene rings is 5. The molecule has 5 aromatic carbocycles. The smallest absolute Gasteiger partial charge is 0.426 e. The van der Waals surface area contributed by atoms with Gasteiger partial charge in [-0.3, -0.25) is 0 Å². The predicted octanol–water partition coefficient (Wildman–Crippen LogP) is 5.83. The van der Waals surface area contributed by atoms with Crippen molar-refractivity contribution in [2.24, 2.45) is 0 Å². The highest BCUT2D eigenvalue weighted by Gasteiger charge is 2.26. The molecule has 0 atom stereocenters. The molecular weight excluding hydrogens is 405 g/mol. The van der Waals surface area contributed by atoms with Gasteiger partial charge in [0.15, 0.2) is 5.58 Å². The summed E-state index contributed by atoms with van der Waals surface area (Å²) in [4.78, 5) is 4.76. The molecule has 0 N–H and O–H groups in total. The van der Waals surface area contributed by atoms with Crippen LogP contribution in [0, 0.1) is 0 Å². The summed E-state index contributed by atoms with van der Waals surface area (Å²) in [5.41, 5.74) is 4.59. The van der Waals surface area contributed by atoms with Crippen LogP contribution in [0.25, 0.3) is 33.3 Å². The van der Waals surface area contributed by atoms with E-state index in [0.717, 1.165) is 44.1 Å². The van der Waals surface area contributed by atoms with Crippen LogP contribution in [-0.4, -0.2) is 11.9 Å². The number of fused-ring (bicyclic) bond motifs is 2. The molecule has 0 bridgehead atoms. The molecule has 0 spiro atoms. The van der Waals surface area contributed by atoms with Crippen LogP contribution in [0.15, 0.2) is 126 Å². The van der Waals surface area contributed by atoms with Gasteiger partial charge in [0.05, 0.1) is 5.56 Å². The Bertz CT molecular complexity index is 1470. The number of aromatic nitrogens is 1. The first-order chi connectivity index (χ1) is 16.3. The van der Waals surface area contributed by atoms with Gasteiger partial charge in [0.2, 0.25) is 5.89 Å². The molecular formula is C29H20BNO2. The average molecular weight is 425 g/mol.